The van der Waals surface area contributed by atoms with Crippen molar-refractivity contribution in [2.45, 2.75) is 6.42 Å². The van der Waals surface area contributed by atoms with Gasteiger partial charge in [0.05, 0.1) is 0 Å². The summed E-state index contributed by atoms with van der Waals surface area (Å²) < 4.78 is 0. The molecule has 0 atom stereocenters. The zero-order valence-corrected chi connectivity index (χ0v) is 10.3. The second kappa shape index (κ2) is 5.75. The van der Waals surface area contributed by atoms with E-state index >= 15 is 0 Å². The molecule has 0 aliphatic heterocycles. The highest BCUT2D eigenvalue weighted by Crippen LogP contribution is 2.09. The summed E-state index contributed by atoms with van der Waals surface area (Å²) in [6, 6.07) is 3.90. The Balaban J connectivity index is 1.90. The third kappa shape index (κ3) is 3.80. The van der Waals surface area contributed by atoms with Gasteiger partial charge in [-0.25, -0.2) is 0 Å². The molecule has 0 aliphatic carbocycles. The molecule has 0 radical (unpaired) electrons. The van der Waals surface area contributed by atoms with Crippen molar-refractivity contribution in [2.75, 3.05) is 11.9 Å². The number of hydrogen-bond acceptors (Lipinski definition) is 5. The van der Waals surface area contributed by atoms with Crippen LogP contribution >= 0.6 is 23.2 Å². The maximum Gasteiger partial charge on any atom is 0.228 e. The molecule has 0 saturated carbocycles. The first-order chi connectivity index (χ1) is 8.24. The lowest BCUT2D eigenvalue weighted by molar-refractivity contribution is 0.956. The van der Waals surface area contributed by atoms with Crippen LogP contribution in [0.5, 0.6) is 0 Å². The van der Waals surface area contributed by atoms with Crippen molar-refractivity contribution >= 4 is 29.2 Å². The monoisotopic (exact) mass is 269 g/mol. The molecule has 0 unspecified atom stereocenters. The number of hydrogen-bond donors (Lipinski definition) is 1. The van der Waals surface area contributed by atoms with Gasteiger partial charge >= 0.3 is 0 Å². The van der Waals surface area contributed by atoms with Gasteiger partial charge in [0, 0.05) is 18.9 Å². The Labute approximate surface area is 108 Å². The van der Waals surface area contributed by atoms with E-state index in [0.717, 1.165) is 12.0 Å². The van der Waals surface area contributed by atoms with Crippen LogP contribution < -0.4 is 5.32 Å². The minimum Gasteiger partial charge on any atom is -0.354 e. The molecule has 17 heavy (non-hydrogen) atoms. The predicted molar refractivity (Wildman–Crippen MR) is 66.3 cm³/mol. The Hall–Kier alpha value is -1.46. The van der Waals surface area contributed by atoms with E-state index in [1.165, 1.54) is 0 Å². The van der Waals surface area contributed by atoms with Gasteiger partial charge in [-0.2, -0.15) is 15.0 Å². The molecule has 0 aliphatic rings. The Kier molecular flexibility index (Phi) is 4.06. The van der Waals surface area contributed by atoms with Crippen molar-refractivity contribution in [3.63, 3.8) is 0 Å². The second-order valence-electron chi connectivity index (χ2n) is 3.24. The maximum absolute atomic E-state index is 5.65. The van der Waals surface area contributed by atoms with Gasteiger partial charge in [-0.05, 0) is 41.3 Å². The summed E-state index contributed by atoms with van der Waals surface area (Å²) in [5, 5.41) is 3.17. The number of nitrogens with one attached hydrogen (secondary N) is 1. The summed E-state index contributed by atoms with van der Waals surface area (Å²) in [6.07, 6.45) is 4.37. The molecule has 1 N–H and O–H groups in total. The van der Waals surface area contributed by atoms with Crippen LogP contribution in [0.25, 0.3) is 0 Å². The van der Waals surface area contributed by atoms with Crippen LogP contribution in [0.15, 0.2) is 24.5 Å². The van der Waals surface area contributed by atoms with E-state index in [1.54, 1.807) is 6.20 Å². The lowest BCUT2D eigenvalue weighted by atomic mass is 10.2. The van der Waals surface area contributed by atoms with Gasteiger partial charge in [-0.15, -0.1) is 0 Å². The van der Waals surface area contributed by atoms with Crippen LogP contribution in [-0.4, -0.2) is 26.5 Å². The van der Waals surface area contributed by atoms with Crippen LogP contribution in [-0.2, 0) is 6.42 Å². The fourth-order valence-corrected chi connectivity index (χ4v) is 1.63. The largest absolute Gasteiger partial charge is 0.354 e. The zero-order valence-electron chi connectivity index (χ0n) is 8.77. The molecule has 2 aromatic heterocycles. The van der Waals surface area contributed by atoms with E-state index in [9.17, 15) is 0 Å². The van der Waals surface area contributed by atoms with Gasteiger partial charge < -0.3 is 5.32 Å². The summed E-state index contributed by atoms with van der Waals surface area (Å²) in [5.74, 6) is 0.374. The molecular weight excluding hydrogens is 261 g/mol. The highest BCUT2D eigenvalue weighted by molar-refractivity contribution is 6.31. The molecule has 0 amide bonds. The minimum atomic E-state index is 0.0777. The van der Waals surface area contributed by atoms with E-state index < -0.39 is 0 Å². The van der Waals surface area contributed by atoms with Crippen LogP contribution in [0.1, 0.15) is 5.56 Å². The molecule has 2 aromatic rings. The average Bonchev–Trinajstić information content (AvgIpc) is 2.29. The fourth-order valence-electron chi connectivity index (χ4n) is 1.27. The zero-order chi connectivity index (χ0) is 12.1. The predicted octanol–water partition coefficient (Wildman–Crippen LogP) is 2.23. The van der Waals surface area contributed by atoms with Crippen molar-refractivity contribution in [3.05, 3.63) is 40.7 Å². The van der Waals surface area contributed by atoms with Gasteiger partial charge in [0.25, 0.3) is 0 Å². The Morgan fingerprint density at radius 1 is 1.12 bits per heavy atom. The molecule has 2 rings (SSSR count). The van der Waals surface area contributed by atoms with Crippen LogP contribution in [0.4, 0.5) is 5.95 Å². The average molecular weight is 270 g/mol. The normalized spacial score (nSPS) is 10.2. The van der Waals surface area contributed by atoms with Crippen LogP contribution in [0, 0.1) is 0 Å². The van der Waals surface area contributed by atoms with E-state index in [-0.39, 0.29) is 10.6 Å². The molecule has 0 saturated heterocycles. The van der Waals surface area contributed by atoms with Crippen molar-refractivity contribution in [3.8, 4) is 0 Å². The molecular formula is C10H9Cl2N5. The summed E-state index contributed by atoms with van der Waals surface area (Å²) in [6.45, 7) is 0.669. The third-order valence-electron chi connectivity index (χ3n) is 2.00. The van der Waals surface area contributed by atoms with Gasteiger partial charge in [0.2, 0.25) is 16.5 Å². The van der Waals surface area contributed by atoms with E-state index in [2.05, 4.69) is 25.3 Å². The molecule has 0 bridgehead atoms. The molecule has 88 valence electrons. The summed E-state index contributed by atoms with van der Waals surface area (Å²) >= 11 is 11.3. The van der Waals surface area contributed by atoms with E-state index in [4.69, 9.17) is 23.2 Å². The van der Waals surface area contributed by atoms with Gasteiger partial charge in [0.15, 0.2) is 0 Å². The number of anilines is 1. The van der Waals surface area contributed by atoms with Gasteiger partial charge in [-0.1, -0.05) is 6.07 Å². The molecule has 5 nitrogen and oxygen atoms in total. The lowest BCUT2D eigenvalue weighted by Crippen LogP contribution is -2.08. The topological polar surface area (TPSA) is 63.6 Å². The highest BCUT2D eigenvalue weighted by atomic mass is 35.5. The van der Waals surface area contributed by atoms with Crippen LogP contribution in [0.3, 0.4) is 0 Å². The van der Waals surface area contributed by atoms with Crippen molar-refractivity contribution in [2.24, 2.45) is 0 Å². The maximum atomic E-state index is 5.65. The first-order valence-corrected chi connectivity index (χ1v) is 5.69. The minimum absolute atomic E-state index is 0.0777. The Morgan fingerprint density at radius 3 is 2.53 bits per heavy atom. The van der Waals surface area contributed by atoms with Crippen molar-refractivity contribution in [1.82, 2.24) is 19.9 Å². The van der Waals surface area contributed by atoms with Crippen molar-refractivity contribution < 1.29 is 0 Å². The third-order valence-corrected chi connectivity index (χ3v) is 2.34. The standard InChI is InChI=1S/C10H9Cl2N5/c11-8-15-9(12)17-10(16-8)14-5-3-7-2-1-4-13-6-7/h1-2,4,6H,3,5H2,(H,14,15,16,17). The molecule has 0 aromatic carbocycles. The van der Waals surface area contributed by atoms with Crippen molar-refractivity contribution in [1.29, 1.82) is 0 Å². The number of halogens is 2. The summed E-state index contributed by atoms with van der Waals surface area (Å²) in [4.78, 5) is 15.5. The summed E-state index contributed by atoms with van der Waals surface area (Å²) in [7, 11) is 0. The number of nitrogens with zero attached hydrogens (tertiary/aromatic N) is 4. The molecule has 7 heteroatoms. The van der Waals surface area contributed by atoms with E-state index in [1.807, 2.05) is 18.3 Å². The molecule has 2 heterocycles. The molecule has 0 spiro atoms. The Morgan fingerprint density at radius 2 is 1.88 bits per heavy atom. The smallest absolute Gasteiger partial charge is 0.228 e. The lowest BCUT2D eigenvalue weighted by Gasteiger charge is -2.04. The van der Waals surface area contributed by atoms with Crippen LogP contribution in [0.2, 0.25) is 10.6 Å². The first kappa shape index (κ1) is 12.0. The Bertz CT molecular complexity index is 471. The highest BCUT2D eigenvalue weighted by Gasteiger charge is 2.02. The number of pyridine rings is 1. The van der Waals surface area contributed by atoms with Gasteiger partial charge in [-0.3, -0.25) is 4.98 Å². The SMILES string of the molecule is Clc1nc(Cl)nc(NCCc2cccnc2)n1. The number of aromatic nitrogens is 4. The molecule has 0 fully saturated rings. The van der Waals surface area contributed by atoms with E-state index in [0.29, 0.717) is 12.5 Å². The van der Waals surface area contributed by atoms with Gasteiger partial charge in [0.1, 0.15) is 0 Å². The first-order valence-electron chi connectivity index (χ1n) is 4.94. The second-order valence-corrected chi connectivity index (χ2v) is 3.91. The fraction of sp³-hybridized carbons (Fsp3) is 0.200. The summed E-state index contributed by atoms with van der Waals surface area (Å²) in [5.41, 5.74) is 1.13. The number of rotatable bonds is 4. The quantitative estimate of drug-likeness (QED) is 0.922.